The molecule has 3 nitrogen and oxygen atoms in total. The Labute approximate surface area is 102 Å². The molecular weight excluding hydrogens is 249 g/mol. The molecule has 0 aliphatic carbocycles. The van der Waals surface area contributed by atoms with Crippen molar-refractivity contribution in [3.8, 4) is 11.3 Å². The maximum atomic E-state index is 10.1. The van der Waals surface area contributed by atoms with E-state index in [1.54, 1.807) is 30.3 Å². The first-order valence-corrected chi connectivity index (χ1v) is 5.29. The lowest BCUT2D eigenvalue weighted by Crippen LogP contribution is -1.77. The number of nitroso groups, excluding NO2 is 1. The molecule has 2 aromatic rings. The fourth-order valence-electron chi connectivity index (χ4n) is 1.36. The summed E-state index contributed by atoms with van der Waals surface area (Å²) in [4.78, 5) is 10.1. The molecule has 0 amide bonds. The van der Waals surface area contributed by atoms with Gasteiger partial charge in [-0.3, -0.25) is 0 Å². The Bertz CT molecular complexity index is 522. The first-order chi connectivity index (χ1) is 7.70. The molecule has 0 aliphatic heterocycles. The number of benzene rings is 1. The van der Waals surface area contributed by atoms with Crippen molar-refractivity contribution in [2.24, 2.45) is 5.18 Å². The van der Waals surface area contributed by atoms with Crippen LogP contribution in [-0.2, 0) is 6.54 Å². The van der Waals surface area contributed by atoms with E-state index in [0.29, 0.717) is 21.6 Å². The highest BCUT2D eigenvalue weighted by Crippen LogP contribution is 2.31. The zero-order valence-corrected chi connectivity index (χ0v) is 9.63. The average Bonchev–Trinajstić information content (AvgIpc) is 2.67. The maximum absolute atomic E-state index is 10.1. The van der Waals surface area contributed by atoms with Gasteiger partial charge in [-0.15, -0.1) is 0 Å². The Kier molecular flexibility index (Phi) is 3.27. The lowest BCUT2D eigenvalue weighted by molar-refractivity contribution is 0.525. The van der Waals surface area contributed by atoms with Crippen LogP contribution in [0.5, 0.6) is 0 Å². The Balaban J connectivity index is 2.38. The van der Waals surface area contributed by atoms with Crippen LogP contribution in [-0.4, -0.2) is 0 Å². The van der Waals surface area contributed by atoms with Crippen molar-refractivity contribution in [2.45, 2.75) is 6.54 Å². The number of nitrogens with zero attached hydrogens (tertiary/aromatic N) is 1. The van der Waals surface area contributed by atoms with Gasteiger partial charge in [-0.25, -0.2) is 0 Å². The fraction of sp³-hybridized carbons (Fsp3) is 0.0909. The third kappa shape index (κ3) is 2.26. The molecule has 0 radical (unpaired) electrons. The molecule has 0 bridgehead atoms. The predicted octanol–water partition coefficient (Wildman–Crippen LogP) is 4.52. The van der Waals surface area contributed by atoms with Crippen molar-refractivity contribution < 1.29 is 4.42 Å². The van der Waals surface area contributed by atoms with Gasteiger partial charge in [0.25, 0.3) is 0 Å². The maximum Gasteiger partial charge on any atom is 0.139 e. The molecule has 0 fully saturated rings. The van der Waals surface area contributed by atoms with Gasteiger partial charge in [-0.05, 0) is 30.3 Å². The second-order valence-electron chi connectivity index (χ2n) is 3.18. The van der Waals surface area contributed by atoms with Crippen molar-refractivity contribution >= 4 is 23.2 Å². The van der Waals surface area contributed by atoms with Gasteiger partial charge >= 0.3 is 0 Å². The summed E-state index contributed by atoms with van der Waals surface area (Å²) in [5.74, 6) is 1.11. The lowest BCUT2D eigenvalue weighted by Gasteiger charge is -2.00. The molecule has 0 saturated carbocycles. The highest BCUT2D eigenvalue weighted by Gasteiger charge is 2.08. The summed E-state index contributed by atoms with van der Waals surface area (Å²) >= 11 is 11.8. The van der Waals surface area contributed by atoms with E-state index in [4.69, 9.17) is 27.6 Å². The van der Waals surface area contributed by atoms with E-state index in [2.05, 4.69) is 5.18 Å². The molecule has 2 rings (SSSR count). The Hall–Kier alpha value is -1.32. The van der Waals surface area contributed by atoms with Crippen LogP contribution in [0.25, 0.3) is 11.3 Å². The second kappa shape index (κ2) is 4.68. The molecule has 82 valence electrons. The van der Waals surface area contributed by atoms with Crippen LogP contribution in [0.1, 0.15) is 5.76 Å². The minimum Gasteiger partial charge on any atom is -0.459 e. The number of rotatable bonds is 3. The normalized spacial score (nSPS) is 10.4. The van der Waals surface area contributed by atoms with Gasteiger partial charge in [0.15, 0.2) is 0 Å². The summed E-state index contributed by atoms with van der Waals surface area (Å²) in [5, 5.41) is 3.82. The van der Waals surface area contributed by atoms with Crippen LogP contribution >= 0.6 is 23.2 Å². The van der Waals surface area contributed by atoms with Gasteiger partial charge < -0.3 is 4.42 Å². The third-order valence-corrected chi connectivity index (χ3v) is 2.63. The smallest absolute Gasteiger partial charge is 0.139 e. The first-order valence-electron chi connectivity index (χ1n) is 4.54. The molecular formula is C11H7Cl2NO2. The van der Waals surface area contributed by atoms with Crippen molar-refractivity contribution in [1.29, 1.82) is 0 Å². The summed E-state index contributed by atoms with van der Waals surface area (Å²) < 4.78 is 5.41. The minimum atomic E-state index is 0.0191. The Morgan fingerprint density at radius 1 is 1.19 bits per heavy atom. The summed E-state index contributed by atoms with van der Waals surface area (Å²) in [6, 6.07) is 8.57. The highest BCUT2D eigenvalue weighted by atomic mass is 35.5. The lowest BCUT2D eigenvalue weighted by atomic mass is 10.2. The number of halogens is 2. The van der Waals surface area contributed by atoms with Gasteiger partial charge in [-0.1, -0.05) is 28.4 Å². The molecule has 5 heteroatoms. The topological polar surface area (TPSA) is 42.6 Å². The zero-order chi connectivity index (χ0) is 11.5. The van der Waals surface area contributed by atoms with Gasteiger partial charge in [0.1, 0.15) is 18.1 Å². The third-order valence-electron chi connectivity index (χ3n) is 2.08. The van der Waals surface area contributed by atoms with Crippen molar-refractivity contribution in [3.05, 3.63) is 51.0 Å². The molecule has 0 spiro atoms. The van der Waals surface area contributed by atoms with E-state index in [0.717, 1.165) is 5.56 Å². The monoisotopic (exact) mass is 255 g/mol. The van der Waals surface area contributed by atoms with Crippen molar-refractivity contribution in [1.82, 2.24) is 0 Å². The van der Waals surface area contributed by atoms with E-state index in [1.807, 2.05) is 0 Å². The molecule has 1 aromatic carbocycles. The molecule has 1 aromatic heterocycles. The standard InChI is InChI=1S/C11H7Cl2NO2/c12-7-1-3-9(10(13)5-7)11-4-2-8(16-11)6-14-15/h1-5H,6H2. The number of hydrogen-bond acceptors (Lipinski definition) is 3. The van der Waals surface area contributed by atoms with Crippen molar-refractivity contribution in [3.63, 3.8) is 0 Å². The fourth-order valence-corrected chi connectivity index (χ4v) is 1.86. The highest BCUT2D eigenvalue weighted by molar-refractivity contribution is 6.36. The van der Waals surface area contributed by atoms with Crippen LogP contribution in [0.2, 0.25) is 10.0 Å². The van der Waals surface area contributed by atoms with Crippen LogP contribution < -0.4 is 0 Å². The van der Waals surface area contributed by atoms with Gasteiger partial charge in [-0.2, -0.15) is 4.91 Å². The summed E-state index contributed by atoms with van der Waals surface area (Å²) in [5.41, 5.74) is 0.739. The molecule has 0 aliphatic rings. The molecule has 0 N–H and O–H groups in total. The van der Waals surface area contributed by atoms with Gasteiger partial charge in [0.05, 0.1) is 5.02 Å². The quantitative estimate of drug-likeness (QED) is 0.757. The summed E-state index contributed by atoms with van der Waals surface area (Å²) in [6.07, 6.45) is 0. The Morgan fingerprint density at radius 2 is 2.00 bits per heavy atom. The average molecular weight is 256 g/mol. The van der Waals surface area contributed by atoms with Crippen molar-refractivity contribution in [2.75, 3.05) is 0 Å². The predicted molar refractivity (Wildman–Crippen MR) is 63.7 cm³/mol. The van der Waals surface area contributed by atoms with Crippen LogP contribution in [0.3, 0.4) is 0 Å². The van der Waals surface area contributed by atoms with Crippen LogP contribution in [0, 0.1) is 4.91 Å². The first kappa shape index (κ1) is 11.2. The van der Waals surface area contributed by atoms with E-state index >= 15 is 0 Å². The minimum absolute atomic E-state index is 0.0191. The van der Waals surface area contributed by atoms with Gasteiger partial charge in [0.2, 0.25) is 0 Å². The summed E-state index contributed by atoms with van der Waals surface area (Å²) in [7, 11) is 0. The van der Waals surface area contributed by atoms with Crippen LogP contribution in [0.15, 0.2) is 39.9 Å². The van der Waals surface area contributed by atoms with E-state index < -0.39 is 0 Å². The number of hydrogen-bond donors (Lipinski definition) is 0. The zero-order valence-electron chi connectivity index (χ0n) is 8.11. The molecule has 1 heterocycles. The Morgan fingerprint density at radius 3 is 2.69 bits per heavy atom. The van der Waals surface area contributed by atoms with Gasteiger partial charge in [0, 0.05) is 10.6 Å². The van der Waals surface area contributed by atoms with Crippen LogP contribution in [0.4, 0.5) is 0 Å². The SMILES string of the molecule is O=NCc1ccc(-c2ccc(Cl)cc2Cl)o1. The molecule has 0 saturated heterocycles. The number of furan rings is 1. The summed E-state index contributed by atoms with van der Waals surface area (Å²) in [6.45, 7) is 0.0191. The van der Waals surface area contributed by atoms with E-state index in [1.165, 1.54) is 0 Å². The molecule has 0 unspecified atom stereocenters. The van der Waals surface area contributed by atoms with E-state index in [9.17, 15) is 4.91 Å². The largest absolute Gasteiger partial charge is 0.459 e. The molecule has 16 heavy (non-hydrogen) atoms. The van der Waals surface area contributed by atoms with E-state index in [-0.39, 0.29) is 6.54 Å². The molecule has 0 atom stereocenters. The second-order valence-corrected chi connectivity index (χ2v) is 4.02.